The Balaban J connectivity index is 1.38. The lowest BCUT2D eigenvalue weighted by atomic mass is 9.74. The standard InChI is InChI=1S/C25H31FN4O2S/c1-29-16-25(27-17-29)33(31,32)28-15-19-6-7-20-8-9-24(30-10-3-11-30)23(22(20)14-19)13-18-4-2-5-21(26)12-18/h2,4-7,12,14,17,23-25,28H,3,8-11,13,15-16H2,1H3. The molecule has 1 fully saturated rings. The lowest BCUT2D eigenvalue weighted by Gasteiger charge is -2.45. The Morgan fingerprint density at radius 2 is 2.00 bits per heavy atom. The van der Waals surface area contributed by atoms with Crippen molar-refractivity contribution in [2.45, 2.75) is 49.6 Å². The number of likely N-dealkylation sites (N-methyl/N-ethyl adjacent to an activating group) is 1. The van der Waals surface area contributed by atoms with E-state index in [9.17, 15) is 12.8 Å². The van der Waals surface area contributed by atoms with Crippen molar-refractivity contribution >= 4 is 16.4 Å². The molecule has 0 bridgehead atoms. The van der Waals surface area contributed by atoms with Gasteiger partial charge in [0.2, 0.25) is 10.0 Å². The molecular weight excluding hydrogens is 439 g/mol. The number of aliphatic imine (C=N–C) groups is 1. The van der Waals surface area contributed by atoms with Gasteiger partial charge in [0.1, 0.15) is 5.82 Å². The molecule has 8 heteroatoms. The van der Waals surface area contributed by atoms with E-state index in [-0.39, 0.29) is 18.3 Å². The topological polar surface area (TPSA) is 65.0 Å². The van der Waals surface area contributed by atoms with E-state index >= 15 is 0 Å². The molecule has 6 nitrogen and oxygen atoms in total. The van der Waals surface area contributed by atoms with E-state index in [1.807, 2.05) is 19.2 Å². The molecule has 1 N–H and O–H groups in total. The maximum absolute atomic E-state index is 13.9. The van der Waals surface area contributed by atoms with Gasteiger partial charge in [0.25, 0.3) is 0 Å². The molecule has 0 amide bonds. The van der Waals surface area contributed by atoms with Crippen LogP contribution in [-0.4, -0.2) is 62.7 Å². The van der Waals surface area contributed by atoms with Crippen molar-refractivity contribution in [1.29, 1.82) is 0 Å². The van der Waals surface area contributed by atoms with E-state index in [2.05, 4.69) is 26.7 Å². The molecule has 0 aromatic heterocycles. The third-order valence-electron chi connectivity index (χ3n) is 7.20. The first-order chi connectivity index (χ1) is 15.9. The summed E-state index contributed by atoms with van der Waals surface area (Å²) >= 11 is 0. The van der Waals surface area contributed by atoms with Gasteiger partial charge in [-0.3, -0.25) is 9.89 Å². The lowest BCUT2D eigenvalue weighted by molar-refractivity contribution is 0.0877. The van der Waals surface area contributed by atoms with Crippen LogP contribution in [0, 0.1) is 5.82 Å². The van der Waals surface area contributed by atoms with Crippen LogP contribution in [-0.2, 0) is 29.4 Å². The Hall–Kier alpha value is -2.29. The van der Waals surface area contributed by atoms with E-state index < -0.39 is 15.4 Å². The fraction of sp³-hybridized carbons (Fsp3) is 0.480. The highest BCUT2D eigenvalue weighted by molar-refractivity contribution is 7.90. The molecule has 3 aliphatic rings. The van der Waals surface area contributed by atoms with E-state index in [4.69, 9.17) is 0 Å². The smallest absolute Gasteiger partial charge is 0.236 e. The Morgan fingerprint density at radius 1 is 1.15 bits per heavy atom. The third-order valence-corrected chi connectivity index (χ3v) is 8.73. The minimum absolute atomic E-state index is 0.201. The molecule has 5 rings (SSSR count). The summed E-state index contributed by atoms with van der Waals surface area (Å²) in [4.78, 5) is 8.42. The van der Waals surface area contributed by atoms with Crippen molar-refractivity contribution in [2.75, 3.05) is 26.7 Å². The zero-order valence-electron chi connectivity index (χ0n) is 19.0. The quantitative estimate of drug-likeness (QED) is 0.676. The van der Waals surface area contributed by atoms with Crippen molar-refractivity contribution in [2.24, 2.45) is 4.99 Å². The summed E-state index contributed by atoms with van der Waals surface area (Å²) in [5.41, 5.74) is 4.55. The first kappa shape index (κ1) is 22.5. The minimum atomic E-state index is -3.54. The molecule has 33 heavy (non-hydrogen) atoms. The predicted molar refractivity (Wildman–Crippen MR) is 128 cm³/mol. The molecule has 2 heterocycles. The normalized spacial score (nSPS) is 25.2. The SMILES string of the molecule is CN1C=NC(S(=O)(=O)NCc2ccc3c(c2)C(Cc2cccc(F)c2)C(N2CCC2)CC3)C1. The van der Waals surface area contributed by atoms with Crippen molar-refractivity contribution in [3.8, 4) is 0 Å². The van der Waals surface area contributed by atoms with Gasteiger partial charge in [-0.25, -0.2) is 17.5 Å². The molecule has 1 aliphatic carbocycles. The van der Waals surface area contributed by atoms with Crippen molar-refractivity contribution in [3.63, 3.8) is 0 Å². The molecule has 1 saturated heterocycles. The van der Waals surface area contributed by atoms with E-state index in [0.717, 1.165) is 43.5 Å². The van der Waals surface area contributed by atoms with Gasteiger partial charge < -0.3 is 4.90 Å². The summed E-state index contributed by atoms with van der Waals surface area (Å²) in [7, 11) is -1.72. The van der Waals surface area contributed by atoms with Crippen LogP contribution in [0.25, 0.3) is 0 Å². The predicted octanol–water partition coefficient (Wildman–Crippen LogP) is 2.89. The highest BCUT2D eigenvalue weighted by atomic mass is 32.2. The number of hydrogen-bond donors (Lipinski definition) is 1. The molecule has 3 atom stereocenters. The van der Waals surface area contributed by atoms with Crippen molar-refractivity contribution in [1.82, 2.24) is 14.5 Å². The average Bonchev–Trinajstić information content (AvgIpc) is 3.20. The fourth-order valence-corrected chi connectivity index (χ4v) is 6.51. The van der Waals surface area contributed by atoms with Gasteiger partial charge >= 0.3 is 0 Å². The number of sulfonamides is 1. The zero-order valence-corrected chi connectivity index (χ0v) is 19.8. The van der Waals surface area contributed by atoms with Crippen LogP contribution < -0.4 is 4.72 Å². The molecule has 0 spiro atoms. The third kappa shape index (κ3) is 4.83. The van der Waals surface area contributed by atoms with Crippen LogP contribution in [0.4, 0.5) is 4.39 Å². The molecule has 2 aromatic rings. The number of hydrogen-bond acceptors (Lipinski definition) is 5. The number of halogens is 1. The summed E-state index contributed by atoms with van der Waals surface area (Å²) in [6.45, 7) is 2.85. The van der Waals surface area contributed by atoms with Gasteiger partial charge in [0, 0.05) is 25.6 Å². The van der Waals surface area contributed by atoms with Gasteiger partial charge in [-0.05, 0) is 73.2 Å². The number of rotatable bonds is 7. The van der Waals surface area contributed by atoms with Crippen LogP contribution in [0.2, 0.25) is 0 Å². The molecule has 0 saturated carbocycles. The summed E-state index contributed by atoms with van der Waals surface area (Å²) in [6.07, 6.45) is 5.70. The Kier molecular flexibility index (Phi) is 6.24. The van der Waals surface area contributed by atoms with Crippen LogP contribution in [0.15, 0.2) is 47.5 Å². The second-order valence-electron chi connectivity index (χ2n) is 9.49. The highest BCUT2D eigenvalue weighted by Gasteiger charge is 2.36. The van der Waals surface area contributed by atoms with Gasteiger partial charge in [0.05, 0.1) is 12.9 Å². The minimum Gasteiger partial charge on any atom is -0.363 e. The van der Waals surface area contributed by atoms with Gasteiger partial charge in [-0.15, -0.1) is 0 Å². The first-order valence-corrected chi connectivity index (χ1v) is 13.3. The summed E-state index contributed by atoms with van der Waals surface area (Å²) in [5.74, 6) is 0.0629. The van der Waals surface area contributed by atoms with Gasteiger partial charge in [0.15, 0.2) is 5.37 Å². The molecule has 2 aromatic carbocycles. The summed E-state index contributed by atoms with van der Waals surface area (Å²) in [6, 6.07) is 13.7. The number of likely N-dealkylation sites (tertiary alicyclic amines) is 1. The van der Waals surface area contributed by atoms with E-state index in [1.54, 1.807) is 23.4 Å². The Bertz CT molecular complexity index is 1150. The van der Waals surface area contributed by atoms with Crippen molar-refractivity contribution < 1.29 is 12.8 Å². The molecular formula is C25H31FN4O2S. The Morgan fingerprint density at radius 3 is 2.70 bits per heavy atom. The van der Waals surface area contributed by atoms with Crippen LogP contribution >= 0.6 is 0 Å². The van der Waals surface area contributed by atoms with Crippen LogP contribution in [0.3, 0.4) is 0 Å². The monoisotopic (exact) mass is 470 g/mol. The maximum Gasteiger partial charge on any atom is 0.236 e. The number of fused-ring (bicyclic) bond motifs is 1. The number of benzene rings is 2. The largest absolute Gasteiger partial charge is 0.363 e. The van der Waals surface area contributed by atoms with Crippen LogP contribution in [0.5, 0.6) is 0 Å². The fourth-order valence-electron chi connectivity index (χ4n) is 5.30. The first-order valence-electron chi connectivity index (χ1n) is 11.7. The van der Waals surface area contributed by atoms with Gasteiger partial charge in [-0.2, -0.15) is 0 Å². The van der Waals surface area contributed by atoms with E-state index in [1.165, 1.54) is 23.6 Å². The molecule has 176 valence electrons. The van der Waals surface area contributed by atoms with Gasteiger partial charge in [-0.1, -0.05) is 30.3 Å². The van der Waals surface area contributed by atoms with Crippen molar-refractivity contribution in [3.05, 3.63) is 70.5 Å². The summed E-state index contributed by atoms with van der Waals surface area (Å²) in [5, 5.41) is -0.767. The maximum atomic E-state index is 13.9. The molecule has 3 unspecified atom stereocenters. The highest BCUT2D eigenvalue weighted by Crippen LogP contribution is 2.39. The second kappa shape index (κ2) is 9.16. The summed E-state index contributed by atoms with van der Waals surface area (Å²) < 4.78 is 42.0. The second-order valence-corrected chi connectivity index (χ2v) is 11.4. The van der Waals surface area contributed by atoms with Crippen LogP contribution in [0.1, 0.15) is 41.0 Å². The number of nitrogens with zero attached hydrogens (tertiary/aromatic N) is 3. The number of nitrogens with one attached hydrogen (secondary N) is 1. The molecule has 0 radical (unpaired) electrons. The zero-order chi connectivity index (χ0) is 23.0. The lowest BCUT2D eigenvalue weighted by Crippen LogP contribution is -2.50. The number of aryl methyl sites for hydroxylation is 1. The Labute approximate surface area is 195 Å². The van der Waals surface area contributed by atoms with E-state index in [0.29, 0.717) is 12.6 Å². The average molecular weight is 471 g/mol. The molecule has 2 aliphatic heterocycles.